The smallest absolute Gasteiger partial charge is 0.416 e. The van der Waals surface area contributed by atoms with Gasteiger partial charge >= 0.3 is 12.1 Å². The van der Waals surface area contributed by atoms with Crippen molar-refractivity contribution in [2.75, 3.05) is 0 Å². The van der Waals surface area contributed by atoms with Crippen LogP contribution in [0.5, 0.6) is 5.75 Å². The van der Waals surface area contributed by atoms with E-state index in [1.807, 2.05) is 0 Å². The molecule has 0 saturated carbocycles. The molecule has 4 nitrogen and oxygen atoms in total. The van der Waals surface area contributed by atoms with Crippen molar-refractivity contribution in [2.45, 2.75) is 39.0 Å². The number of allylic oxidation sites excluding steroid dienone is 2. The van der Waals surface area contributed by atoms with Gasteiger partial charge in [-0.05, 0) is 84.9 Å². The maximum Gasteiger partial charge on any atom is 0.416 e. The van der Waals surface area contributed by atoms with Crippen molar-refractivity contribution in [3.8, 4) is 5.75 Å². The second-order valence-corrected chi connectivity index (χ2v) is 8.10. The molecule has 3 aromatic rings. The molecule has 1 aliphatic rings. The average Bonchev–Trinajstić information content (AvgIpc) is 3.28. The van der Waals surface area contributed by atoms with Crippen LogP contribution in [0.4, 0.5) is 17.6 Å². The molecule has 0 radical (unpaired) electrons. The Labute approximate surface area is 193 Å². The molecule has 1 N–H and O–H groups in total. The number of pyridine rings is 1. The third-order valence-electron chi connectivity index (χ3n) is 5.82. The number of ether oxygens (including phenoxy) is 1. The van der Waals surface area contributed by atoms with Crippen molar-refractivity contribution < 1.29 is 32.2 Å². The van der Waals surface area contributed by atoms with Gasteiger partial charge in [-0.2, -0.15) is 13.2 Å². The fraction of sp³-hybridized carbons (Fsp3) is 0.231. The molecule has 1 aromatic heterocycles. The third-order valence-corrected chi connectivity index (χ3v) is 5.82. The molecular weight excluding hydrogens is 450 g/mol. The van der Waals surface area contributed by atoms with Crippen LogP contribution in [-0.4, -0.2) is 16.1 Å². The molecular formula is C26H21F4NO3. The molecule has 1 aliphatic carbocycles. The lowest BCUT2D eigenvalue weighted by molar-refractivity contribution is -0.137. The first-order valence-corrected chi connectivity index (χ1v) is 10.6. The lowest BCUT2D eigenvalue weighted by Crippen LogP contribution is -2.07. The van der Waals surface area contributed by atoms with Crippen molar-refractivity contribution in [3.63, 3.8) is 0 Å². The van der Waals surface area contributed by atoms with E-state index in [0.717, 1.165) is 17.7 Å². The molecule has 0 fully saturated rings. The van der Waals surface area contributed by atoms with E-state index >= 15 is 0 Å². The number of benzene rings is 2. The van der Waals surface area contributed by atoms with E-state index in [4.69, 9.17) is 4.74 Å². The molecule has 8 heteroatoms. The molecule has 1 heterocycles. The van der Waals surface area contributed by atoms with Crippen LogP contribution >= 0.6 is 0 Å². The van der Waals surface area contributed by atoms with Crippen molar-refractivity contribution in [1.29, 1.82) is 0 Å². The molecule has 0 spiro atoms. The lowest BCUT2D eigenvalue weighted by Gasteiger charge is -2.17. The summed E-state index contributed by atoms with van der Waals surface area (Å²) in [6, 6.07) is 10.5. The van der Waals surface area contributed by atoms with Gasteiger partial charge in [0, 0.05) is 11.8 Å². The van der Waals surface area contributed by atoms with Crippen LogP contribution in [-0.2, 0) is 12.8 Å². The molecule has 0 bridgehead atoms. The van der Waals surface area contributed by atoms with Crippen molar-refractivity contribution in [1.82, 2.24) is 4.98 Å². The predicted octanol–water partition coefficient (Wildman–Crippen LogP) is 6.92. The fourth-order valence-corrected chi connectivity index (χ4v) is 4.08. The van der Waals surface area contributed by atoms with E-state index < -0.39 is 23.5 Å². The van der Waals surface area contributed by atoms with Crippen molar-refractivity contribution in [2.24, 2.45) is 0 Å². The molecule has 0 amide bonds. The number of carbonyl (C=O) groups is 1. The number of alkyl halides is 3. The zero-order valence-corrected chi connectivity index (χ0v) is 18.2. The Balaban J connectivity index is 1.79. The summed E-state index contributed by atoms with van der Waals surface area (Å²) in [5.41, 5.74) is 2.57. The molecule has 0 saturated heterocycles. The van der Waals surface area contributed by atoms with Gasteiger partial charge in [0.05, 0.1) is 16.8 Å². The van der Waals surface area contributed by atoms with Gasteiger partial charge in [-0.1, -0.05) is 12.1 Å². The Morgan fingerprint density at radius 1 is 1.06 bits per heavy atom. The number of hydrogen-bond acceptors (Lipinski definition) is 3. The van der Waals surface area contributed by atoms with E-state index in [-0.39, 0.29) is 17.9 Å². The molecule has 176 valence electrons. The number of rotatable bonds is 6. The zero-order chi connectivity index (χ0) is 24.5. The molecule has 34 heavy (non-hydrogen) atoms. The first-order valence-electron chi connectivity index (χ1n) is 10.6. The van der Waals surface area contributed by atoms with E-state index in [1.54, 1.807) is 25.3 Å². The zero-order valence-electron chi connectivity index (χ0n) is 18.2. The number of hydrogen-bond donors (Lipinski definition) is 1. The first kappa shape index (κ1) is 23.5. The van der Waals surface area contributed by atoms with Crippen LogP contribution in [0.2, 0.25) is 0 Å². The Kier molecular flexibility index (Phi) is 6.41. The number of aromatic carboxylic acids is 1. The second kappa shape index (κ2) is 9.29. The van der Waals surface area contributed by atoms with Gasteiger partial charge in [-0.15, -0.1) is 0 Å². The number of aromatic nitrogens is 1. The van der Waals surface area contributed by atoms with Crippen molar-refractivity contribution in [3.05, 3.63) is 94.1 Å². The van der Waals surface area contributed by atoms with Gasteiger partial charge < -0.3 is 9.84 Å². The predicted molar refractivity (Wildman–Crippen MR) is 119 cm³/mol. The normalized spacial score (nSPS) is 13.9. The van der Waals surface area contributed by atoms with E-state index in [0.29, 0.717) is 47.2 Å². The monoisotopic (exact) mass is 471 g/mol. The van der Waals surface area contributed by atoms with Crippen LogP contribution in [0, 0.1) is 12.7 Å². The van der Waals surface area contributed by atoms with Crippen molar-refractivity contribution >= 4 is 17.1 Å². The highest BCUT2D eigenvalue weighted by atomic mass is 19.4. The highest BCUT2D eigenvalue weighted by Gasteiger charge is 2.32. The quantitative estimate of drug-likeness (QED) is 0.397. The van der Waals surface area contributed by atoms with E-state index in [9.17, 15) is 27.5 Å². The Morgan fingerprint density at radius 3 is 2.44 bits per heavy atom. The summed E-state index contributed by atoms with van der Waals surface area (Å²) in [4.78, 5) is 15.7. The summed E-state index contributed by atoms with van der Waals surface area (Å²) >= 11 is 0. The Morgan fingerprint density at radius 2 is 1.76 bits per heavy atom. The van der Waals surface area contributed by atoms with Gasteiger partial charge in [0.15, 0.2) is 0 Å². The second-order valence-electron chi connectivity index (χ2n) is 8.10. The summed E-state index contributed by atoms with van der Waals surface area (Å²) in [6.45, 7) is 1.64. The van der Waals surface area contributed by atoms with Crippen LogP contribution in [0.25, 0.3) is 11.1 Å². The molecule has 0 aliphatic heterocycles. The van der Waals surface area contributed by atoms with E-state index in [2.05, 4.69) is 4.98 Å². The number of nitrogens with zero attached hydrogens (tertiary/aromatic N) is 1. The van der Waals surface area contributed by atoms with Crippen LogP contribution in [0.15, 0.2) is 54.7 Å². The Bertz CT molecular complexity index is 1260. The maximum absolute atomic E-state index is 13.5. The number of aryl methyl sites for hydroxylation is 1. The molecule has 2 aromatic carbocycles. The minimum Gasteiger partial charge on any atom is -0.488 e. The maximum atomic E-state index is 13.5. The van der Waals surface area contributed by atoms with Crippen LogP contribution in [0.1, 0.15) is 57.6 Å². The minimum absolute atomic E-state index is 0.0491. The Hall–Kier alpha value is -3.68. The topological polar surface area (TPSA) is 59.4 Å². The molecule has 0 atom stereocenters. The van der Waals surface area contributed by atoms with E-state index in [1.165, 1.54) is 24.3 Å². The van der Waals surface area contributed by atoms with Crippen LogP contribution < -0.4 is 4.74 Å². The summed E-state index contributed by atoms with van der Waals surface area (Å²) in [5, 5.41) is 9.46. The minimum atomic E-state index is -4.54. The molecule has 4 rings (SSSR count). The summed E-state index contributed by atoms with van der Waals surface area (Å²) in [7, 11) is 0. The largest absolute Gasteiger partial charge is 0.488 e. The van der Waals surface area contributed by atoms with Gasteiger partial charge in [0.25, 0.3) is 0 Å². The average molecular weight is 471 g/mol. The lowest BCUT2D eigenvalue weighted by atomic mass is 9.95. The SMILES string of the molecule is Cc1ncc(C2=C(c3cc(C(F)(F)F)ccc3OCc3ccc(F)cc3)CCC2)cc1C(=O)O. The number of carboxylic acid groups (broad SMARTS) is 1. The third kappa shape index (κ3) is 4.95. The highest BCUT2D eigenvalue weighted by Crippen LogP contribution is 2.44. The standard InChI is InChI=1S/C26H21F4NO3/c1-15-22(25(32)33)11-17(13-31-15)20-3-2-4-21(20)23-12-18(26(28,29)30)7-10-24(23)34-14-16-5-8-19(27)9-6-16/h5-13H,2-4,14H2,1H3,(H,32,33). The van der Waals surface area contributed by atoms with Gasteiger partial charge in [0.2, 0.25) is 0 Å². The van der Waals surface area contributed by atoms with Gasteiger partial charge in [-0.3, -0.25) is 4.98 Å². The fourth-order valence-electron chi connectivity index (χ4n) is 4.08. The summed E-state index contributed by atoms with van der Waals surface area (Å²) < 4.78 is 59.6. The summed E-state index contributed by atoms with van der Waals surface area (Å²) in [5.74, 6) is -1.24. The molecule has 0 unspecified atom stereocenters. The first-order chi connectivity index (χ1) is 16.1. The number of halogens is 4. The summed E-state index contributed by atoms with van der Waals surface area (Å²) in [6.07, 6.45) is -1.19. The van der Waals surface area contributed by atoms with Crippen LogP contribution in [0.3, 0.4) is 0 Å². The van der Waals surface area contributed by atoms with Gasteiger partial charge in [0.1, 0.15) is 18.2 Å². The highest BCUT2D eigenvalue weighted by molar-refractivity contribution is 5.96. The van der Waals surface area contributed by atoms with Gasteiger partial charge in [-0.25, -0.2) is 9.18 Å². The number of carboxylic acids is 1.